The van der Waals surface area contributed by atoms with E-state index in [2.05, 4.69) is 4.98 Å². The van der Waals surface area contributed by atoms with Gasteiger partial charge in [-0.05, 0) is 13.8 Å². The van der Waals surface area contributed by atoms with E-state index in [4.69, 9.17) is 4.42 Å². The molecule has 0 aliphatic carbocycles. The Balaban J connectivity index is 2.53. The summed E-state index contributed by atoms with van der Waals surface area (Å²) in [4.78, 5) is 39.9. The summed E-state index contributed by atoms with van der Waals surface area (Å²) in [7, 11) is 1.50. The monoisotopic (exact) mass is 276 g/mol. The molecule has 0 saturated heterocycles. The number of aryl methyl sites for hydroxylation is 2. The van der Waals surface area contributed by atoms with Crippen molar-refractivity contribution in [3.63, 3.8) is 0 Å². The fourth-order valence-electron chi connectivity index (χ4n) is 2.23. The lowest BCUT2D eigenvalue weighted by Crippen LogP contribution is -2.40. The molecule has 104 valence electrons. The molecule has 20 heavy (non-hydrogen) atoms. The number of hydrogen-bond acceptors (Lipinski definition) is 5. The van der Waals surface area contributed by atoms with Crippen molar-refractivity contribution in [3.05, 3.63) is 32.8 Å². The van der Waals surface area contributed by atoms with Gasteiger partial charge in [0.15, 0.2) is 11.2 Å². The third-order valence-electron chi connectivity index (χ3n) is 3.09. The minimum atomic E-state index is -0.574. The van der Waals surface area contributed by atoms with Gasteiger partial charge in [0.2, 0.25) is 0 Å². The molecule has 0 aliphatic rings. The van der Waals surface area contributed by atoms with E-state index in [0.717, 1.165) is 4.57 Å². The number of oxazole rings is 1. The first kappa shape index (κ1) is 12.4. The normalized spacial score (nSPS) is 11.6. The Kier molecular flexibility index (Phi) is 2.43. The maximum Gasteiger partial charge on any atom is 0.332 e. The Morgan fingerprint density at radius 3 is 2.75 bits per heavy atom. The SMILES string of the molecule is CC(=O)Cn1c(=O)c2c(nc3oc(C)cn32)n(C)c1=O. The van der Waals surface area contributed by atoms with Gasteiger partial charge in [-0.1, -0.05) is 0 Å². The molecule has 8 heteroatoms. The molecule has 0 N–H and O–H groups in total. The number of nitrogens with zero attached hydrogens (tertiary/aromatic N) is 4. The molecule has 0 amide bonds. The molecule has 0 atom stereocenters. The lowest BCUT2D eigenvalue weighted by atomic mass is 10.4. The molecule has 0 radical (unpaired) electrons. The van der Waals surface area contributed by atoms with E-state index in [0.29, 0.717) is 5.76 Å². The van der Waals surface area contributed by atoms with Crippen molar-refractivity contribution in [1.82, 2.24) is 18.5 Å². The summed E-state index contributed by atoms with van der Waals surface area (Å²) in [5.74, 6) is 0.568. The van der Waals surface area contributed by atoms with E-state index < -0.39 is 11.2 Å². The highest BCUT2D eigenvalue weighted by atomic mass is 16.4. The van der Waals surface area contributed by atoms with Gasteiger partial charge in [-0.15, -0.1) is 0 Å². The zero-order valence-electron chi connectivity index (χ0n) is 11.2. The summed E-state index contributed by atoms with van der Waals surface area (Å²) >= 11 is 0. The van der Waals surface area contributed by atoms with Crippen LogP contribution in [0.3, 0.4) is 0 Å². The third-order valence-corrected chi connectivity index (χ3v) is 3.09. The molecular weight excluding hydrogens is 264 g/mol. The van der Waals surface area contributed by atoms with Crippen LogP contribution in [0.4, 0.5) is 0 Å². The molecule has 0 spiro atoms. The average molecular weight is 276 g/mol. The van der Waals surface area contributed by atoms with Crippen LogP contribution in [0.2, 0.25) is 0 Å². The van der Waals surface area contributed by atoms with Gasteiger partial charge in [-0.3, -0.25) is 23.1 Å². The molecule has 0 bridgehead atoms. The molecule has 0 unspecified atom stereocenters. The quantitative estimate of drug-likeness (QED) is 0.648. The van der Waals surface area contributed by atoms with Crippen LogP contribution in [0, 0.1) is 6.92 Å². The number of aromatic nitrogens is 4. The minimum absolute atomic E-state index is 0.222. The van der Waals surface area contributed by atoms with Crippen LogP contribution in [-0.2, 0) is 18.4 Å². The summed E-state index contributed by atoms with van der Waals surface area (Å²) < 4.78 is 8.97. The van der Waals surface area contributed by atoms with Crippen LogP contribution in [0.1, 0.15) is 12.7 Å². The summed E-state index contributed by atoms with van der Waals surface area (Å²) in [6.07, 6.45) is 1.62. The lowest BCUT2D eigenvalue weighted by molar-refractivity contribution is -0.117. The van der Waals surface area contributed by atoms with Crippen LogP contribution in [0.25, 0.3) is 17.0 Å². The van der Waals surface area contributed by atoms with Gasteiger partial charge >= 0.3 is 11.5 Å². The molecule has 0 saturated carbocycles. The van der Waals surface area contributed by atoms with Crippen LogP contribution in [0.5, 0.6) is 0 Å². The number of ketones is 1. The number of imidazole rings is 1. The Hall–Kier alpha value is -2.64. The molecule has 3 aromatic rings. The Morgan fingerprint density at radius 2 is 2.10 bits per heavy atom. The molecule has 0 aliphatic heterocycles. The Labute approximate surface area is 111 Å². The predicted molar refractivity (Wildman–Crippen MR) is 69.9 cm³/mol. The maximum atomic E-state index is 12.4. The van der Waals surface area contributed by atoms with E-state index in [1.807, 2.05) is 0 Å². The fourth-order valence-corrected chi connectivity index (χ4v) is 2.23. The standard InChI is InChI=1S/C12H12N4O4/c1-6(17)4-16-10(18)8-9(14(3)12(16)19)13-11-15(8)5-7(2)20-11/h5H,4H2,1-3H3. The molecule has 3 aromatic heterocycles. The number of fused-ring (bicyclic) bond motifs is 3. The zero-order chi connectivity index (χ0) is 14.6. The highest BCUT2D eigenvalue weighted by molar-refractivity contribution is 5.77. The van der Waals surface area contributed by atoms with Gasteiger partial charge in [0.25, 0.3) is 5.56 Å². The first-order chi connectivity index (χ1) is 9.40. The zero-order valence-corrected chi connectivity index (χ0v) is 11.2. The van der Waals surface area contributed by atoms with Crippen molar-refractivity contribution in [2.45, 2.75) is 20.4 Å². The number of Topliss-reactive ketones (excluding diaryl/α,β-unsaturated/α-hetero) is 1. The number of hydrogen-bond donors (Lipinski definition) is 0. The van der Waals surface area contributed by atoms with E-state index in [-0.39, 0.29) is 29.3 Å². The Bertz CT molecular complexity index is 969. The van der Waals surface area contributed by atoms with Gasteiger partial charge in [0.1, 0.15) is 11.5 Å². The summed E-state index contributed by atoms with van der Waals surface area (Å²) in [5, 5.41) is 0. The van der Waals surface area contributed by atoms with Crippen molar-refractivity contribution >= 4 is 22.8 Å². The van der Waals surface area contributed by atoms with Crippen molar-refractivity contribution in [1.29, 1.82) is 0 Å². The smallest absolute Gasteiger partial charge is 0.332 e. The maximum absolute atomic E-state index is 12.4. The van der Waals surface area contributed by atoms with Crippen molar-refractivity contribution in [2.75, 3.05) is 0 Å². The molecule has 0 fully saturated rings. The van der Waals surface area contributed by atoms with Gasteiger partial charge < -0.3 is 4.42 Å². The predicted octanol–water partition coefficient (Wildman–Crippen LogP) is -0.162. The molecule has 3 rings (SSSR count). The number of carbonyl (C=O) groups is 1. The summed E-state index contributed by atoms with van der Waals surface area (Å²) in [6, 6.07) is 0. The van der Waals surface area contributed by atoms with E-state index in [1.165, 1.54) is 22.9 Å². The highest BCUT2D eigenvalue weighted by Crippen LogP contribution is 2.14. The Morgan fingerprint density at radius 1 is 1.40 bits per heavy atom. The van der Waals surface area contributed by atoms with Crippen molar-refractivity contribution in [2.24, 2.45) is 7.05 Å². The number of rotatable bonds is 2. The van der Waals surface area contributed by atoms with E-state index >= 15 is 0 Å². The summed E-state index contributed by atoms with van der Waals surface area (Å²) in [5.41, 5.74) is -0.666. The third kappa shape index (κ3) is 1.54. The molecule has 0 aromatic carbocycles. The largest absolute Gasteiger partial charge is 0.428 e. The lowest BCUT2D eigenvalue weighted by Gasteiger charge is -2.05. The average Bonchev–Trinajstić information content (AvgIpc) is 2.87. The number of carbonyl (C=O) groups excluding carboxylic acids is 1. The van der Waals surface area contributed by atoms with E-state index in [9.17, 15) is 14.4 Å². The van der Waals surface area contributed by atoms with Gasteiger partial charge in [-0.2, -0.15) is 4.98 Å². The molecular formula is C12H12N4O4. The van der Waals surface area contributed by atoms with E-state index in [1.54, 1.807) is 13.1 Å². The first-order valence-corrected chi connectivity index (χ1v) is 5.97. The van der Waals surface area contributed by atoms with Crippen molar-refractivity contribution < 1.29 is 9.21 Å². The highest BCUT2D eigenvalue weighted by Gasteiger charge is 2.19. The van der Waals surface area contributed by atoms with Gasteiger partial charge in [0, 0.05) is 7.05 Å². The second kappa shape index (κ2) is 3.92. The van der Waals surface area contributed by atoms with Crippen LogP contribution in [0.15, 0.2) is 20.2 Å². The van der Waals surface area contributed by atoms with Crippen molar-refractivity contribution in [3.8, 4) is 0 Å². The van der Waals surface area contributed by atoms with Crippen LogP contribution < -0.4 is 11.2 Å². The topological polar surface area (TPSA) is 91.5 Å². The van der Waals surface area contributed by atoms with Crippen LogP contribution in [-0.4, -0.2) is 24.3 Å². The van der Waals surface area contributed by atoms with Gasteiger partial charge in [-0.25, -0.2) is 4.79 Å². The second-order valence-corrected chi connectivity index (χ2v) is 4.71. The fraction of sp³-hybridized carbons (Fsp3) is 0.333. The molecule has 8 nitrogen and oxygen atoms in total. The second-order valence-electron chi connectivity index (χ2n) is 4.71. The van der Waals surface area contributed by atoms with Gasteiger partial charge in [0.05, 0.1) is 12.7 Å². The minimum Gasteiger partial charge on any atom is -0.428 e. The van der Waals surface area contributed by atoms with Crippen LogP contribution >= 0.6 is 0 Å². The first-order valence-electron chi connectivity index (χ1n) is 5.97. The molecule has 3 heterocycles. The summed E-state index contributed by atoms with van der Waals surface area (Å²) in [6.45, 7) is 2.80.